The summed E-state index contributed by atoms with van der Waals surface area (Å²) in [6, 6.07) is 19.1. The summed E-state index contributed by atoms with van der Waals surface area (Å²) in [6.45, 7) is 4.56. The minimum absolute atomic E-state index is 0.0375. The minimum Gasteiger partial charge on any atom is -0.348 e. The Bertz CT molecular complexity index is 451. The van der Waals surface area contributed by atoms with E-state index in [0.717, 1.165) is 5.56 Å². The fourth-order valence-electron chi connectivity index (χ4n) is 1.47. The zero-order valence-electron chi connectivity index (χ0n) is 10.9. The highest BCUT2D eigenvalue weighted by atomic mass is 16.1. The number of hydrogen-bond acceptors (Lipinski definition) is 1. The predicted octanol–water partition coefficient (Wildman–Crippen LogP) is 3.64. The molecule has 2 aromatic carbocycles. The standard InChI is InChI=1S/C14H13NO.C2H6/c16-14(13-9-5-2-6-10-13)15-11-12-7-3-1-4-8-12;1-2/h1-10H,11H2,(H,15,16);1-2H3. The average Bonchev–Trinajstić information content (AvgIpc) is 2.49. The van der Waals surface area contributed by atoms with Gasteiger partial charge in [0.1, 0.15) is 0 Å². The van der Waals surface area contributed by atoms with Crippen molar-refractivity contribution in [2.75, 3.05) is 0 Å². The van der Waals surface area contributed by atoms with Gasteiger partial charge in [0, 0.05) is 12.1 Å². The quantitative estimate of drug-likeness (QED) is 0.873. The van der Waals surface area contributed by atoms with Crippen molar-refractivity contribution in [3.63, 3.8) is 0 Å². The molecule has 0 atom stereocenters. The maximum atomic E-state index is 11.7. The Labute approximate surface area is 109 Å². The van der Waals surface area contributed by atoms with Crippen LogP contribution in [0.25, 0.3) is 0 Å². The third-order valence-electron chi connectivity index (χ3n) is 2.33. The highest BCUT2D eigenvalue weighted by molar-refractivity contribution is 5.94. The predicted molar refractivity (Wildman–Crippen MR) is 75.4 cm³/mol. The topological polar surface area (TPSA) is 29.1 Å². The lowest BCUT2D eigenvalue weighted by Gasteiger charge is -2.04. The van der Waals surface area contributed by atoms with Gasteiger partial charge in [-0.2, -0.15) is 0 Å². The van der Waals surface area contributed by atoms with Crippen molar-refractivity contribution < 1.29 is 4.79 Å². The number of amides is 1. The SMILES string of the molecule is CC.O=C(NCc1ccccc1)c1ccccc1. The van der Waals surface area contributed by atoms with Gasteiger partial charge in [0.25, 0.3) is 5.91 Å². The molecule has 0 saturated heterocycles. The lowest BCUT2D eigenvalue weighted by atomic mass is 10.2. The summed E-state index contributed by atoms with van der Waals surface area (Å²) in [5.74, 6) is -0.0375. The van der Waals surface area contributed by atoms with E-state index in [1.807, 2.05) is 62.4 Å². The molecule has 1 amide bonds. The van der Waals surface area contributed by atoms with Gasteiger partial charge < -0.3 is 5.32 Å². The van der Waals surface area contributed by atoms with E-state index in [0.29, 0.717) is 12.1 Å². The van der Waals surface area contributed by atoms with Gasteiger partial charge in [0.2, 0.25) is 0 Å². The van der Waals surface area contributed by atoms with E-state index in [9.17, 15) is 4.79 Å². The van der Waals surface area contributed by atoms with Crippen molar-refractivity contribution in [3.8, 4) is 0 Å². The number of nitrogens with one attached hydrogen (secondary N) is 1. The van der Waals surface area contributed by atoms with Crippen molar-refractivity contribution in [3.05, 3.63) is 71.8 Å². The Balaban J connectivity index is 0.000000771. The van der Waals surface area contributed by atoms with Gasteiger partial charge in [-0.3, -0.25) is 4.79 Å². The molecule has 0 spiro atoms. The maximum absolute atomic E-state index is 11.7. The van der Waals surface area contributed by atoms with Crippen LogP contribution in [0.1, 0.15) is 29.8 Å². The van der Waals surface area contributed by atoms with E-state index in [4.69, 9.17) is 0 Å². The number of carbonyl (C=O) groups is 1. The van der Waals surface area contributed by atoms with Crippen molar-refractivity contribution in [1.29, 1.82) is 0 Å². The summed E-state index contributed by atoms with van der Waals surface area (Å²) in [5, 5.41) is 2.88. The van der Waals surface area contributed by atoms with E-state index < -0.39 is 0 Å². The highest BCUT2D eigenvalue weighted by Gasteiger charge is 2.02. The van der Waals surface area contributed by atoms with Crippen LogP contribution in [-0.4, -0.2) is 5.91 Å². The van der Waals surface area contributed by atoms with Crippen molar-refractivity contribution in [2.45, 2.75) is 20.4 Å². The monoisotopic (exact) mass is 241 g/mol. The van der Waals surface area contributed by atoms with Gasteiger partial charge >= 0.3 is 0 Å². The molecule has 0 aromatic heterocycles. The average molecular weight is 241 g/mol. The molecule has 2 heteroatoms. The first-order valence-corrected chi connectivity index (χ1v) is 6.23. The minimum atomic E-state index is -0.0375. The number of hydrogen-bond donors (Lipinski definition) is 1. The van der Waals surface area contributed by atoms with Crippen LogP contribution in [-0.2, 0) is 6.54 Å². The number of carbonyl (C=O) groups excluding carboxylic acids is 1. The van der Waals surface area contributed by atoms with Crippen LogP contribution >= 0.6 is 0 Å². The summed E-state index contributed by atoms with van der Waals surface area (Å²) in [6.07, 6.45) is 0. The van der Waals surface area contributed by atoms with Crippen LogP contribution in [0.5, 0.6) is 0 Å². The highest BCUT2D eigenvalue weighted by Crippen LogP contribution is 2.01. The molecular weight excluding hydrogens is 222 g/mol. The Morgan fingerprint density at radius 1 is 0.889 bits per heavy atom. The van der Waals surface area contributed by atoms with Gasteiger partial charge in [-0.15, -0.1) is 0 Å². The first-order chi connectivity index (χ1) is 8.86. The first-order valence-electron chi connectivity index (χ1n) is 6.23. The second kappa shape index (κ2) is 8.07. The summed E-state index contributed by atoms with van der Waals surface area (Å²) in [7, 11) is 0. The molecule has 2 rings (SSSR count). The summed E-state index contributed by atoms with van der Waals surface area (Å²) in [5.41, 5.74) is 1.80. The smallest absolute Gasteiger partial charge is 0.251 e. The van der Waals surface area contributed by atoms with Crippen molar-refractivity contribution in [1.82, 2.24) is 5.32 Å². The molecule has 0 aliphatic rings. The normalized spacial score (nSPS) is 9.00. The van der Waals surface area contributed by atoms with Crippen LogP contribution in [0.4, 0.5) is 0 Å². The first kappa shape index (κ1) is 14.0. The Morgan fingerprint density at radius 3 is 1.94 bits per heavy atom. The molecule has 0 heterocycles. The van der Waals surface area contributed by atoms with E-state index in [2.05, 4.69) is 5.32 Å². The molecule has 94 valence electrons. The maximum Gasteiger partial charge on any atom is 0.251 e. The van der Waals surface area contributed by atoms with Crippen molar-refractivity contribution >= 4 is 5.91 Å². The molecule has 0 aliphatic carbocycles. The van der Waals surface area contributed by atoms with Gasteiger partial charge in [0.15, 0.2) is 0 Å². The lowest BCUT2D eigenvalue weighted by Crippen LogP contribution is -2.22. The van der Waals surface area contributed by atoms with Gasteiger partial charge in [0.05, 0.1) is 0 Å². The number of rotatable bonds is 3. The molecule has 0 radical (unpaired) electrons. The second-order valence-corrected chi connectivity index (χ2v) is 3.53. The molecule has 0 saturated carbocycles. The zero-order valence-corrected chi connectivity index (χ0v) is 10.9. The van der Waals surface area contributed by atoms with Gasteiger partial charge in [-0.25, -0.2) is 0 Å². The molecule has 0 fully saturated rings. The second-order valence-electron chi connectivity index (χ2n) is 3.53. The summed E-state index contributed by atoms with van der Waals surface area (Å²) in [4.78, 5) is 11.7. The van der Waals surface area contributed by atoms with Crippen molar-refractivity contribution in [2.24, 2.45) is 0 Å². The Morgan fingerprint density at radius 2 is 1.39 bits per heavy atom. The zero-order chi connectivity index (χ0) is 13.2. The fraction of sp³-hybridized carbons (Fsp3) is 0.188. The molecule has 0 unspecified atom stereocenters. The lowest BCUT2D eigenvalue weighted by molar-refractivity contribution is 0.0951. The molecule has 2 nitrogen and oxygen atoms in total. The summed E-state index contributed by atoms with van der Waals surface area (Å²) >= 11 is 0. The van der Waals surface area contributed by atoms with Crippen LogP contribution in [0.2, 0.25) is 0 Å². The van der Waals surface area contributed by atoms with E-state index in [1.54, 1.807) is 12.1 Å². The Hall–Kier alpha value is -2.09. The number of benzene rings is 2. The fourth-order valence-corrected chi connectivity index (χ4v) is 1.47. The molecule has 1 N–H and O–H groups in total. The molecule has 2 aromatic rings. The molecule has 18 heavy (non-hydrogen) atoms. The third kappa shape index (κ3) is 4.42. The largest absolute Gasteiger partial charge is 0.348 e. The van der Waals surface area contributed by atoms with Crippen LogP contribution in [0.3, 0.4) is 0 Å². The Kier molecular flexibility index (Phi) is 6.26. The molecular formula is C16H19NO. The van der Waals surface area contributed by atoms with E-state index in [1.165, 1.54) is 0 Å². The van der Waals surface area contributed by atoms with Crippen LogP contribution in [0, 0.1) is 0 Å². The molecule has 0 bridgehead atoms. The van der Waals surface area contributed by atoms with Crippen LogP contribution < -0.4 is 5.32 Å². The van der Waals surface area contributed by atoms with Gasteiger partial charge in [-0.05, 0) is 17.7 Å². The third-order valence-corrected chi connectivity index (χ3v) is 2.33. The molecule has 0 aliphatic heterocycles. The van der Waals surface area contributed by atoms with E-state index in [-0.39, 0.29) is 5.91 Å². The van der Waals surface area contributed by atoms with Gasteiger partial charge in [-0.1, -0.05) is 62.4 Å². The van der Waals surface area contributed by atoms with E-state index >= 15 is 0 Å². The summed E-state index contributed by atoms with van der Waals surface area (Å²) < 4.78 is 0. The van der Waals surface area contributed by atoms with Crippen LogP contribution in [0.15, 0.2) is 60.7 Å².